The molecule has 0 aromatic carbocycles. The third-order valence-electron chi connectivity index (χ3n) is 9.17. The van der Waals surface area contributed by atoms with Crippen molar-refractivity contribution in [1.29, 1.82) is 0 Å². The first-order chi connectivity index (χ1) is 23.0. The van der Waals surface area contributed by atoms with Crippen LogP contribution < -0.4 is 0 Å². The number of esters is 3. The average molecular weight is 667 g/mol. The van der Waals surface area contributed by atoms with Gasteiger partial charge in [0.1, 0.15) is 13.2 Å². The van der Waals surface area contributed by atoms with E-state index in [1.165, 1.54) is 161 Å². The van der Waals surface area contributed by atoms with Crippen LogP contribution in [0.1, 0.15) is 226 Å². The standard InChI is InChI=1S/C41H78O6/c1-4-6-8-10-12-14-16-18-20-22-24-26-28-30-32-34-40(43)46-37-39(36-45-38(3)42)47-41(44)35-33-31-29-27-25-23-21-19-17-15-13-11-9-7-5-2/h39H,4-37H2,1-3H3/t39-/m0/s1. The van der Waals surface area contributed by atoms with Crippen molar-refractivity contribution in [2.75, 3.05) is 13.2 Å². The van der Waals surface area contributed by atoms with Crippen LogP contribution in [-0.2, 0) is 28.6 Å². The molecule has 0 aliphatic rings. The summed E-state index contributed by atoms with van der Waals surface area (Å²) in [6.45, 7) is 5.69. The summed E-state index contributed by atoms with van der Waals surface area (Å²) in [7, 11) is 0. The Morgan fingerprint density at radius 2 is 0.660 bits per heavy atom. The number of carbonyl (C=O) groups is 3. The van der Waals surface area contributed by atoms with E-state index < -0.39 is 12.1 Å². The summed E-state index contributed by atoms with van der Waals surface area (Å²) in [4.78, 5) is 36.0. The maximum absolute atomic E-state index is 12.4. The minimum absolute atomic E-state index is 0.0740. The molecule has 0 aliphatic carbocycles. The lowest BCUT2D eigenvalue weighted by atomic mass is 10.0. The highest BCUT2D eigenvalue weighted by atomic mass is 16.6. The summed E-state index contributed by atoms with van der Waals surface area (Å²) in [5.74, 6) is -1.06. The lowest BCUT2D eigenvalue weighted by Gasteiger charge is -2.18. The zero-order valence-electron chi connectivity index (χ0n) is 31.6. The number of ether oxygens (including phenoxy) is 3. The van der Waals surface area contributed by atoms with Crippen LogP contribution in [0.2, 0.25) is 0 Å². The molecule has 47 heavy (non-hydrogen) atoms. The lowest BCUT2D eigenvalue weighted by molar-refractivity contribution is -0.166. The van der Waals surface area contributed by atoms with Crippen LogP contribution in [0.5, 0.6) is 0 Å². The molecule has 6 nitrogen and oxygen atoms in total. The molecule has 1 atom stereocenters. The van der Waals surface area contributed by atoms with Crippen LogP contribution in [0.3, 0.4) is 0 Å². The van der Waals surface area contributed by atoms with Crippen LogP contribution in [0.15, 0.2) is 0 Å². The van der Waals surface area contributed by atoms with Crippen molar-refractivity contribution in [2.45, 2.75) is 232 Å². The van der Waals surface area contributed by atoms with Gasteiger partial charge in [0.25, 0.3) is 0 Å². The molecule has 0 radical (unpaired) electrons. The molecule has 0 spiro atoms. The van der Waals surface area contributed by atoms with Gasteiger partial charge in [-0.15, -0.1) is 0 Å². The molecule has 278 valence electrons. The first kappa shape index (κ1) is 45.4. The number of carbonyl (C=O) groups excluding carboxylic acids is 3. The zero-order valence-corrected chi connectivity index (χ0v) is 31.6. The summed E-state index contributed by atoms with van der Waals surface area (Å²) in [6, 6.07) is 0. The molecule has 0 aromatic heterocycles. The van der Waals surface area contributed by atoms with Gasteiger partial charge in [-0.3, -0.25) is 14.4 Å². The number of rotatable bonds is 37. The van der Waals surface area contributed by atoms with E-state index in [2.05, 4.69) is 13.8 Å². The third-order valence-corrected chi connectivity index (χ3v) is 9.17. The van der Waals surface area contributed by atoms with E-state index in [1.54, 1.807) is 0 Å². The predicted molar refractivity (Wildman–Crippen MR) is 197 cm³/mol. The summed E-state index contributed by atoms with van der Waals surface area (Å²) in [5, 5.41) is 0. The minimum atomic E-state index is -0.757. The Kier molecular flexibility index (Phi) is 36.0. The molecule has 0 rings (SSSR count). The van der Waals surface area contributed by atoms with Gasteiger partial charge in [-0.1, -0.05) is 194 Å². The lowest BCUT2D eigenvalue weighted by Crippen LogP contribution is -2.30. The van der Waals surface area contributed by atoms with E-state index in [0.29, 0.717) is 12.8 Å². The Hall–Kier alpha value is -1.59. The highest BCUT2D eigenvalue weighted by molar-refractivity contribution is 5.70. The van der Waals surface area contributed by atoms with E-state index in [1.807, 2.05) is 0 Å². The van der Waals surface area contributed by atoms with Gasteiger partial charge in [-0.05, 0) is 12.8 Å². The molecule has 0 amide bonds. The van der Waals surface area contributed by atoms with E-state index in [4.69, 9.17) is 14.2 Å². The van der Waals surface area contributed by atoms with Gasteiger partial charge >= 0.3 is 17.9 Å². The molecule has 6 heteroatoms. The highest BCUT2D eigenvalue weighted by Crippen LogP contribution is 2.16. The molecule has 0 heterocycles. The Morgan fingerprint density at radius 3 is 0.979 bits per heavy atom. The third kappa shape index (κ3) is 37.1. The molecule has 0 bridgehead atoms. The molecular formula is C41H78O6. The van der Waals surface area contributed by atoms with Crippen LogP contribution in [0, 0.1) is 0 Å². The van der Waals surface area contributed by atoms with Crippen LogP contribution in [0.25, 0.3) is 0 Å². The second-order valence-electron chi connectivity index (χ2n) is 14.0. The largest absolute Gasteiger partial charge is 0.462 e. The molecule has 0 saturated heterocycles. The molecule has 0 aliphatic heterocycles. The quantitative estimate of drug-likeness (QED) is 0.0373. The predicted octanol–water partition coefficient (Wildman–Crippen LogP) is 12.5. The normalized spacial score (nSPS) is 11.8. The number of hydrogen-bond acceptors (Lipinski definition) is 6. The van der Waals surface area contributed by atoms with E-state index >= 15 is 0 Å². The average Bonchev–Trinajstić information content (AvgIpc) is 3.05. The van der Waals surface area contributed by atoms with Crippen LogP contribution in [0.4, 0.5) is 0 Å². The van der Waals surface area contributed by atoms with Crippen molar-refractivity contribution >= 4 is 17.9 Å². The maximum Gasteiger partial charge on any atom is 0.306 e. The Labute approximate surface area is 291 Å². The summed E-state index contributed by atoms with van der Waals surface area (Å²) < 4.78 is 15.9. The van der Waals surface area contributed by atoms with Gasteiger partial charge in [-0.2, -0.15) is 0 Å². The van der Waals surface area contributed by atoms with Gasteiger partial charge in [0.15, 0.2) is 6.10 Å². The van der Waals surface area contributed by atoms with Crippen LogP contribution >= 0.6 is 0 Å². The van der Waals surface area contributed by atoms with Gasteiger partial charge in [0.05, 0.1) is 0 Å². The Morgan fingerprint density at radius 1 is 0.383 bits per heavy atom. The minimum Gasteiger partial charge on any atom is -0.462 e. The first-order valence-electron chi connectivity index (χ1n) is 20.5. The fraction of sp³-hybridized carbons (Fsp3) is 0.927. The molecular weight excluding hydrogens is 588 g/mol. The Bertz CT molecular complexity index is 693. The molecule has 0 aromatic rings. The molecule has 0 unspecified atom stereocenters. The monoisotopic (exact) mass is 667 g/mol. The van der Waals surface area contributed by atoms with Crippen molar-refractivity contribution < 1.29 is 28.6 Å². The van der Waals surface area contributed by atoms with Crippen molar-refractivity contribution in [3.63, 3.8) is 0 Å². The number of hydrogen-bond donors (Lipinski definition) is 0. The van der Waals surface area contributed by atoms with Gasteiger partial charge in [-0.25, -0.2) is 0 Å². The fourth-order valence-corrected chi connectivity index (χ4v) is 6.11. The molecule has 0 saturated carbocycles. The molecule has 0 N–H and O–H groups in total. The van der Waals surface area contributed by atoms with E-state index in [9.17, 15) is 14.4 Å². The molecule has 0 fully saturated rings. The van der Waals surface area contributed by atoms with Gasteiger partial charge in [0, 0.05) is 19.8 Å². The highest BCUT2D eigenvalue weighted by Gasteiger charge is 2.18. The van der Waals surface area contributed by atoms with Crippen molar-refractivity contribution in [2.24, 2.45) is 0 Å². The number of unbranched alkanes of at least 4 members (excludes halogenated alkanes) is 28. The topological polar surface area (TPSA) is 78.9 Å². The van der Waals surface area contributed by atoms with E-state index in [-0.39, 0.29) is 25.2 Å². The van der Waals surface area contributed by atoms with E-state index in [0.717, 1.165) is 38.5 Å². The second-order valence-corrected chi connectivity index (χ2v) is 14.0. The second kappa shape index (κ2) is 37.2. The fourth-order valence-electron chi connectivity index (χ4n) is 6.11. The zero-order chi connectivity index (χ0) is 34.5. The van der Waals surface area contributed by atoms with Crippen LogP contribution in [-0.4, -0.2) is 37.2 Å². The van der Waals surface area contributed by atoms with Gasteiger partial charge < -0.3 is 14.2 Å². The van der Waals surface area contributed by atoms with Crippen molar-refractivity contribution in [3.05, 3.63) is 0 Å². The maximum atomic E-state index is 12.4. The smallest absolute Gasteiger partial charge is 0.306 e. The van der Waals surface area contributed by atoms with Crippen molar-refractivity contribution in [1.82, 2.24) is 0 Å². The summed E-state index contributed by atoms with van der Waals surface area (Å²) in [5.41, 5.74) is 0. The van der Waals surface area contributed by atoms with Crippen molar-refractivity contribution in [3.8, 4) is 0 Å². The SMILES string of the molecule is CCCCCCCCCCCCCCCCCC(=O)OC[C@H](COC(C)=O)OC(=O)CCCCCCCCCCCCCCCCC. The first-order valence-corrected chi connectivity index (χ1v) is 20.5. The Balaban J connectivity index is 3.78. The summed E-state index contributed by atoms with van der Waals surface area (Å²) in [6.07, 6.45) is 38.3. The van der Waals surface area contributed by atoms with Gasteiger partial charge in [0.2, 0.25) is 0 Å². The summed E-state index contributed by atoms with van der Waals surface area (Å²) >= 11 is 0.